The van der Waals surface area contributed by atoms with Crippen molar-refractivity contribution in [1.29, 1.82) is 0 Å². The summed E-state index contributed by atoms with van der Waals surface area (Å²) in [5.41, 5.74) is 10.3. The van der Waals surface area contributed by atoms with Gasteiger partial charge < -0.3 is 39.1 Å². The number of piperazine rings is 1. The average molecular weight is 672 g/mol. The molecule has 49 heavy (non-hydrogen) atoms. The van der Waals surface area contributed by atoms with Crippen LogP contribution >= 0.6 is 0 Å². The minimum atomic E-state index is -0.722. The summed E-state index contributed by atoms with van der Waals surface area (Å²) >= 11 is 0. The van der Waals surface area contributed by atoms with E-state index in [4.69, 9.17) is 34.2 Å². The van der Waals surface area contributed by atoms with E-state index in [1.807, 2.05) is 53.4 Å². The van der Waals surface area contributed by atoms with Crippen molar-refractivity contribution in [3.63, 3.8) is 0 Å². The molecule has 0 unspecified atom stereocenters. The first-order valence-electron chi connectivity index (χ1n) is 15.5. The molecule has 0 radical (unpaired) electrons. The zero-order valence-electron chi connectivity index (χ0n) is 28.5. The number of carbonyl (C=O) groups excluding carboxylic acids is 2. The number of rotatable bonds is 14. The maximum atomic E-state index is 13.9. The normalized spacial score (nSPS) is 14.7. The Morgan fingerprint density at radius 3 is 1.55 bits per heavy atom. The Morgan fingerprint density at radius 2 is 1.14 bits per heavy atom. The van der Waals surface area contributed by atoms with Gasteiger partial charge in [0.15, 0.2) is 23.0 Å². The maximum Gasteiger partial charge on any atom is 0.240 e. The monoisotopic (exact) mass is 671 g/mol. The van der Waals surface area contributed by atoms with Crippen LogP contribution in [0.25, 0.3) is 22.5 Å². The first kappa shape index (κ1) is 34.8. The average Bonchev–Trinajstić information content (AvgIpc) is 3.12. The van der Waals surface area contributed by atoms with Crippen LogP contribution < -0.4 is 34.2 Å². The van der Waals surface area contributed by atoms with Crippen molar-refractivity contribution in [2.45, 2.75) is 25.6 Å². The molecule has 4 aromatic rings. The lowest BCUT2D eigenvalue weighted by molar-refractivity contribution is -0.145. The summed E-state index contributed by atoms with van der Waals surface area (Å²) in [6.45, 7) is 1.75. The van der Waals surface area contributed by atoms with E-state index in [2.05, 4.69) is 9.97 Å². The second-order valence-electron chi connectivity index (χ2n) is 11.3. The number of hydrogen-bond acceptors (Lipinski definition) is 11. The lowest BCUT2D eigenvalue weighted by Crippen LogP contribution is -2.57. The summed E-state index contributed by atoms with van der Waals surface area (Å²) in [6, 6.07) is 14.2. The summed E-state index contributed by atoms with van der Waals surface area (Å²) in [6.07, 6.45) is 3.31. The molecule has 2 aromatic carbocycles. The molecule has 0 bridgehead atoms. The molecular formula is C36H41N5O8. The molecule has 0 spiro atoms. The van der Waals surface area contributed by atoms with Gasteiger partial charge in [0.05, 0.1) is 66.5 Å². The van der Waals surface area contributed by atoms with Crippen LogP contribution in [0, 0.1) is 0 Å². The number of carbonyl (C=O) groups is 2. The van der Waals surface area contributed by atoms with E-state index in [9.17, 15) is 9.59 Å². The van der Waals surface area contributed by atoms with Crippen LogP contribution in [0.15, 0.2) is 60.9 Å². The Bertz CT molecular complexity index is 1770. The van der Waals surface area contributed by atoms with E-state index in [1.165, 1.54) is 0 Å². The molecule has 2 aromatic heterocycles. The zero-order chi connectivity index (χ0) is 35.1. The Morgan fingerprint density at radius 1 is 0.694 bits per heavy atom. The largest absolute Gasteiger partial charge is 0.493 e. The van der Waals surface area contributed by atoms with E-state index in [0.29, 0.717) is 72.1 Å². The van der Waals surface area contributed by atoms with Gasteiger partial charge in [0.25, 0.3) is 0 Å². The van der Waals surface area contributed by atoms with Gasteiger partial charge in [-0.25, -0.2) is 0 Å². The number of primary amides is 1. The highest BCUT2D eigenvalue weighted by Gasteiger charge is 2.36. The zero-order valence-corrected chi connectivity index (χ0v) is 28.5. The minimum Gasteiger partial charge on any atom is -0.493 e. The molecular weight excluding hydrogens is 630 g/mol. The standard InChI is InChI=1S/C36H41N5O8/c1-44-29-15-24(16-30(45-2)34(29)48-5)26-13-22(7-9-38-26)20-40-11-12-41(36(43)28(40)19-33(37)42)21-23-8-10-39-27(14-23)25-17-31(46-3)35(49-6)32(18-25)47-4/h7-10,13-18,28H,11-12,19-21H2,1-6H3,(H2,37,42)/t28-/m0/s1. The van der Waals surface area contributed by atoms with Crippen molar-refractivity contribution in [3.8, 4) is 57.0 Å². The fourth-order valence-corrected chi connectivity index (χ4v) is 6.01. The minimum absolute atomic E-state index is 0.104. The SMILES string of the molecule is COc1cc(-c2cc(CN3CCN(Cc4ccnc(-c5cc(OC)c(OC)c(OC)c5)c4)[C@@H](CC(N)=O)C3=O)ccn2)cc(OC)c1OC. The van der Waals surface area contributed by atoms with Gasteiger partial charge in [-0.05, 0) is 59.7 Å². The molecule has 5 rings (SSSR count). The van der Waals surface area contributed by atoms with Crippen molar-refractivity contribution in [3.05, 3.63) is 72.1 Å². The van der Waals surface area contributed by atoms with Gasteiger partial charge in [-0.15, -0.1) is 0 Å². The van der Waals surface area contributed by atoms with Crippen LogP contribution in [0.1, 0.15) is 17.5 Å². The van der Waals surface area contributed by atoms with Crippen LogP contribution in [-0.2, 0) is 22.7 Å². The highest BCUT2D eigenvalue weighted by Crippen LogP contribution is 2.42. The highest BCUT2D eigenvalue weighted by molar-refractivity contribution is 5.88. The van der Waals surface area contributed by atoms with Gasteiger partial charge in [-0.1, -0.05) is 0 Å². The third-order valence-corrected chi connectivity index (χ3v) is 8.42. The number of nitrogens with zero attached hydrogens (tertiary/aromatic N) is 4. The first-order valence-corrected chi connectivity index (χ1v) is 15.5. The Labute approximate surface area is 285 Å². The molecule has 2 amide bonds. The molecule has 1 aliphatic rings. The van der Waals surface area contributed by atoms with E-state index >= 15 is 0 Å². The van der Waals surface area contributed by atoms with Crippen molar-refractivity contribution >= 4 is 11.8 Å². The number of amides is 2. The number of hydrogen-bond donors (Lipinski definition) is 1. The van der Waals surface area contributed by atoms with Crippen LogP contribution in [0.5, 0.6) is 34.5 Å². The first-order chi connectivity index (χ1) is 23.7. The van der Waals surface area contributed by atoms with Crippen molar-refractivity contribution in [1.82, 2.24) is 19.8 Å². The van der Waals surface area contributed by atoms with Gasteiger partial charge in [0.1, 0.15) is 0 Å². The number of pyridine rings is 2. The van der Waals surface area contributed by atoms with Crippen molar-refractivity contribution in [2.24, 2.45) is 5.73 Å². The fourth-order valence-electron chi connectivity index (χ4n) is 6.01. The number of methoxy groups -OCH3 is 6. The number of aromatic nitrogens is 2. The van der Waals surface area contributed by atoms with Crippen LogP contribution in [0.2, 0.25) is 0 Å². The van der Waals surface area contributed by atoms with Crippen molar-refractivity contribution < 1.29 is 38.0 Å². The molecule has 258 valence electrons. The number of nitrogens with two attached hydrogens (primary N) is 1. The van der Waals surface area contributed by atoms with E-state index < -0.39 is 11.9 Å². The molecule has 1 atom stereocenters. The number of ether oxygens (including phenoxy) is 6. The topological polar surface area (TPSA) is 148 Å². The Kier molecular flexibility index (Phi) is 11.0. The Hall–Kier alpha value is -5.56. The molecule has 13 nitrogen and oxygen atoms in total. The molecule has 1 aliphatic heterocycles. The summed E-state index contributed by atoms with van der Waals surface area (Å²) in [5, 5.41) is 0. The summed E-state index contributed by atoms with van der Waals surface area (Å²) in [5.74, 6) is 2.29. The van der Waals surface area contributed by atoms with Crippen LogP contribution in [0.3, 0.4) is 0 Å². The highest BCUT2D eigenvalue weighted by atomic mass is 16.5. The van der Waals surface area contributed by atoms with E-state index in [0.717, 1.165) is 22.3 Å². The summed E-state index contributed by atoms with van der Waals surface area (Å²) < 4.78 is 33.0. The third-order valence-electron chi connectivity index (χ3n) is 8.42. The number of benzene rings is 2. The van der Waals surface area contributed by atoms with Gasteiger partial charge >= 0.3 is 0 Å². The smallest absolute Gasteiger partial charge is 0.240 e. The van der Waals surface area contributed by atoms with Gasteiger partial charge in [-0.2, -0.15) is 0 Å². The lowest BCUT2D eigenvalue weighted by atomic mass is 10.0. The fraction of sp³-hybridized carbons (Fsp3) is 0.333. The second kappa shape index (κ2) is 15.6. The second-order valence-corrected chi connectivity index (χ2v) is 11.3. The maximum absolute atomic E-state index is 13.9. The quantitative estimate of drug-likeness (QED) is 0.208. The molecule has 2 N–H and O–H groups in total. The van der Waals surface area contributed by atoms with Gasteiger partial charge in [0, 0.05) is 49.7 Å². The predicted molar refractivity (Wildman–Crippen MR) is 182 cm³/mol. The molecule has 1 fully saturated rings. The van der Waals surface area contributed by atoms with Gasteiger partial charge in [-0.3, -0.25) is 24.5 Å². The molecule has 13 heteroatoms. The van der Waals surface area contributed by atoms with Crippen molar-refractivity contribution in [2.75, 3.05) is 55.7 Å². The summed E-state index contributed by atoms with van der Waals surface area (Å²) in [4.78, 5) is 39.0. The summed E-state index contributed by atoms with van der Waals surface area (Å²) in [7, 11) is 9.33. The Balaban J connectivity index is 1.35. The molecule has 0 saturated carbocycles. The predicted octanol–water partition coefficient (Wildman–Crippen LogP) is 3.95. The van der Waals surface area contributed by atoms with E-state index in [-0.39, 0.29) is 12.3 Å². The van der Waals surface area contributed by atoms with E-state index in [1.54, 1.807) is 60.0 Å². The third kappa shape index (κ3) is 7.62. The van der Waals surface area contributed by atoms with Crippen LogP contribution in [-0.4, -0.2) is 93.4 Å². The molecule has 3 heterocycles. The lowest BCUT2D eigenvalue weighted by Gasteiger charge is -2.40. The molecule has 0 aliphatic carbocycles. The molecule has 1 saturated heterocycles. The van der Waals surface area contributed by atoms with Gasteiger partial charge in [0.2, 0.25) is 23.3 Å². The van der Waals surface area contributed by atoms with Crippen LogP contribution in [0.4, 0.5) is 0 Å².